The van der Waals surface area contributed by atoms with E-state index in [4.69, 9.17) is 33.4 Å². The molecule has 1 aromatic carbocycles. The maximum Gasteiger partial charge on any atom is 0.328 e. The molecule has 4 N–H and O–H groups in total. The van der Waals surface area contributed by atoms with Gasteiger partial charge in [0.05, 0.1) is 15.9 Å². The number of hydrogen-bond acceptors (Lipinski definition) is 5. The number of carbonyl (C=O) groups is 3. The number of aromatic nitrogens is 1. The van der Waals surface area contributed by atoms with E-state index >= 15 is 0 Å². The number of benzene rings is 1. The van der Waals surface area contributed by atoms with E-state index in [0.29, 0.717) is 34.6 Å². The number of fused-ring (bicyclic) bond motifs is 1. The number of nitrogens with zero attached hydrogens (tertiary/aromatic N) is 1. The van der Waals surface area contributed by atoms with Crippen molar-refractivity contribution < 1.29 is 24.6 Å². The van der Waals surface area contributed by atoms with E-state index in [2.05, 4.69) is 15.2 Å². The SMILES string of the molecule is CN(C)CCCCNC(=O)c1cc(=O)c2c(Cl)cc(Cl)cc2[nH]1.O=C(O)/C=C\C(=O)O. The molecule has 1 aromatic heterocycles. The topological polar surface area (TPSA) is 140 Å². The number of carboxylic acids is 2. The van der Waals surface area contributed by atoms with Gasteiger partial charge < -0.3 is 25.4 Å². The Labute approximate surface area is 188 Å². The van der Waals surface area contributed by atoms with Gasteiger partial charge in [0.15, 0.2) is 5.43 Å². The first-order valence-electron chi connectivity index (χ1n) is 9.10. The number of carbonyl (C=O) groups excluding carboxylic acids is 1. The fourth-order valence-electron chi connectivity index (χ4n) is 2.42. The van der Waals surface area contributed by atoms with Crippen LogP contribution in [0, 0.1) is 0 Å². The first-order valence-corrected chi connectivity index (χ1v) is 9.85. The molecule has 0 fully saturated rings. The smallest absolute Gasteiger partial charge is 0.328 e. The summed E-state index contributed by atoms with van der Waals surface area (Å²) in [5.41, 5.74) is 0.347. The lowest BCUT2D eigenvalue weighted by Crippen LogP contribution is -2.27. The molecule has 9 nitrogen and oxygen atoms in total. The summed E-state index contributed by atoms with van der Waals surface area (Å²) < 4.78 is 0. The standard InChI is InChI=1S/C16H19Cl2N3O2.C4H4O4/c1-21(2)6-4-3-5-19-16(23)13-9-14(22)15-11(18)7-10(17)8-12(15)20-13;5-3(6)1-2-4(7)8/h7-9H,3-6H2,1-2H3,(H,19,23)(H,20,22);1-2H,(H,5,6)(H,7,8)/b;2-1-. The Balaban J connectivity index is 0.000000512. The van der Waals surface area contributed by atoms with Gasteiger partial charge in [0.25, 0.3) is 5.91 Å². The molecule has 0 aliphatic rings. The number of nitrogens with one attached hydrogen (secondary N) is 2. The van der Waals surface area contributed by atoms with Gasteiger partial charge in [0.2, 0.25) is 0 Å². The van der Waals surface area contributed by atoms with E-state index in [-0.39, 0.29) is 22.1 Å². The van der Waals surface area contributed by atoms with Crippen LogP contribution in [0.3, 0.4) is 0 Å². The number of hydrogen-bond donors (Lipinski definition) is 4. The molecule has 0 atom stereocenters. The fourth-order valence-corrected chi connectivity index (χ4v) is 3.01. The first kappa shape index (κ1) is 26.2. The Hall–Kier alpha value is -2.88. The summed E-state index contributed by atoms with van der Waals surface area (Å²) in [6.45, 7) is 1.53. The molecule has 0 aliphatic carbocycles. The molecule has 2 aromatic rings. The van der Waals surface area contributed by atoms with E-state index in [1.165, 1.54) is 12.1 Å². The Morgan fingerprint density at radius 1 is 1.06 bits per heavy atom. The number of unbranched alkanes of at least 4 members (excludes halogenated alkanes) is 1. The summed E-state index contributed by atoms with van der Waals surface area (Å²) in [5, 5.41) is 19.4. The van der Waals surface area contributed by atoms with Gasteiger partial charge in [-0.25, -0.2) is 9.59 Å². The molecule has 2 rings (SSSR count). The van der Waals surface area contributed by atoms with Crippen LogP contribution in [0.2, 0.25) is 10.0 Å². The summed E-state index contributed by atoms with van der Waals surface area (Å²) >= 11 is 12.0. The number of halogens is 2. The summed E-state index contributed by atoms with van der Waals surface area (Å²) in [7, 11) is 4.02. The zero-order valence-corrected chi connectivity index (χ0v) is 18.5. The zero-order chi connectivity index (χ0) is 23.6. The summed E-state index contributed by atoms with van der Waals surface area (Å²) in [6, 6.07) is 4.35. The fraction of sp³-hybridized carbons (Fsp3) is 0.300. The number of rotatable bonds is 8. The van der Waals surface area contributed by atoms with E-state index < -0.39 is 11.9 Å². The third kappa shape index (κ3) is 9.65. The van der Waals surface area contributed by atoms with E-state index in [9.17, 15) is 19.2 Å². The molecule has 0 radical (unpaired) electrons. The van der Waals surface area contributed by atoms with Gasteiger partial charge >= 0.3 is 11.9 Å². The predicted octanol–water partition coefficient (Wildman–Crippen LogP) is 2.62. The summed E-state index contributed by atoms with van der Waals surface area (Å²) in [6.07, 6.45) is 2.98. The monoisotopic (exact) mass is 471 g/mol. The van der Waals surface area contributed by atoms with Crippen molar-refractivity contribution in [3.63, 3.8) is 0 Å². The number of aromatic amines is 1. The van der Waals surface area contributed by atoms with Crippen LogP contribution < -0.4 is 10.7 Å². The summed E-state index contributed by atoms with van der Waals surface area (Å²) in [5.74, 6) is -2.83. The largest absolute Gasteiger partial charge is 0.478 e. The van der Waals surface area contributed by atoms with E-state index in [1.54, 1.807) is 6.07 Å². The molecular formula is C20H23Cl2N3O6. The normalized spacial score (nSPS) is 10.7. The lowest BCUT2D eigenvalue weighted by molar-refractivity contribution is -0.134. The number of amides is 1. The van der Waals surface area contributed by atoms with Crippen molar-refractivity contribution in [1.82, 2.24) is 15.2 Å². The Bertz CT molecular complexity index is 1020. The molecule has 0 saturated heterocycles. The van der Waals surface area contributed by atoms with Crippen LogP contribution in [0.5, 0.6) is 0 Å². The maximum absolute atomic E-state index is 12.2. The van der Waals surface area contributed by atoms with Crippen LogP contribution in [-0.4, -0.2) is 65.1 Å². The van der Waals surface area contributed by atoms with Crippen LogP contribution in [0.15, 0.2) is 35.1 Å². The third-order valence-electron chi connectivity index (χ3n) is 3.78. The molecule has 0 bridgehead atoms. The minimum Gasteiger partial charge on any atom is -0.478 e. The molecule has 11 heteroatoms. The van der Waals surface area contributed by atoms with Crippen molar-refractivity contribution >= 4 is 52.0 Å². The van der Waals surface area contributed by atoms with Crippen molar-refractivity contribution in [1.29, 1.82) is 0 Å². The van der Waals surface area contributed by atoms with Gasteiger partial charge in [0.1, 0.15) is 5.69 Å². The minimum atomic E-state index is -1.26. The van der Waals surface area contributed by atoms with E-state index in [0.717, 1.165) is 19.4 Å². The number of carboxylic acid groups (broad SMARTS) is 2. The van der Waals surface area contributed by atoms with Crippen LogP contribution in [0.25, 0.3) is 10.9 Å². The van der Waals surface area contributed by atoms with Gasteiger partial charge in [-0.1, -0.05) is 23.2 Å². The number of H-pyrrole nitrogens is 1. The molecule has 0 spiro atoms. The molecule has 0 unspecified atom stereocenters. The van der Waals surface area contributed by atoms with Gasteiger partial charge in [-0.2, -0.15) is 0 Å². The second kappa shape index (κ2) is 12.7. The average molecular weight is 472 g/mol. The van der Waals surface area contributed by atoms with E-state index in [1.807, 2.05) is 14.1 Å². The van der Waals surface area contributed by atoms with Crippen LogP contribution >= 0.6 is 23.2 Å². The van der Waals surface area contributed by atoms with Crippen molar-refractivity contribution in [2.45, 2.75) is 12.8 Å². The predicted molar refractivity (Wildman–Crippen MR) is 119 cm³/mol. The van der Waals surface area contributed by atoms with Crippen LogP contribution in [0.4, 0.5) is 0 Å². The molecule has 0 saturated carbocycles. The van der Waals surface area contributed by atoms with Gasteiger partial charge in [-0.3, -0.25) is 9.59 Å². The second-order valence-corrected chi connectivity index (χ2v) is 7.48. The Morgan fingerprint density at radius 2 is 1.68 bits per heavy atom. The molecule has 0 aliphatic heterocycles. The first-order chi connectivity index (χ1) is 14.5. The highest BCUT2D eigenvalue weighted by Gasteiger charge is 2.12. The Kier molecular flexibility index (Phi) is 10.7. The molecule has 168 valence electrons. The Morgan fingerprint density at radius 3 is 2.23 bits per heavy atom. The molecule has 1 heterocycles. The van der Waals surface area contributed by atoms with Crippen molar-refractivity contribution in [3.05, 3.63) is 56.3 Å². The lowest BCUT2D eigenvalue weighted by atomic mass is 10.2. The molecule has 1 amide bonds. The van der Waals surface area contributed by atoms with Crippen LogP contribution in [0.1, 0.15) is 23.3 Å². The molecular weight excluding hydrogens is 449 g/mol. The number of aliphatic carboxylic acids is 2. The van der Waals surface area contributed by atoms with Crippen molar-refractivity contribution in [2.24, 2.45) is 0 Å². The van der Waals surface area contributed by atoms with Crippen molar-refractivity contribution in [2.75, 3.05) is 27.2 Å². The van der Waals surface area contributed by atoms with Gasteiger partial charge in [-0.05, 0) is 45.6 Å². The lowest BCUT2D eigenvalue weighted by Gasteiger charge is -2.10. The maximum atomic E-state index is 12.2. The van der Waals surface area contributed by atoms with Crippen molar-refractivity contribution in [3.8, 4) is 0 Å². The quantitative estimate of drug-likeness (QED) is 0.342. The van der Waals surface area contributed by atoms with Gasteiger partial charge in [-0.15, -0.1) is 0 Å². The molecule has 31 heavy (non-hydrogen) atoms. The highest BCUT2D eigenvalue weighted by molar-refractivity contribution is 6.38. The van der Waals surface area contributed by atoms with Crippen LogP contribution in [-0.2, 0) is 9.59 Å². The summed E-state index contributed by atoms with van der Waals surface area (Å²) in [4.78, 5) is 48.4. The number of pyridine rings is 1. The zero-order valence-electron chi connectivity index (χ0n) is 16.9. The minimum absolute atomic E-state index is 0.202. The average Bonchev–Trinajstić information content (AvgIpc) is 2.65. The highest BCUT2D eigenvalue weighted by atomic mass is 35.5. The second-order valence-electron chi connectivity index (χ2n) is 6.63. The van der Waals surface area contributed by atoms with Gasteiger partial charge in [0, 0.05) is 29.8 Å². The highest BCUT2D eigenvalue weighted by Crippen LogP contribution is 2.24. The third-order valence-corrected chi connectivity index (χ3v) is 4.29.